The number of fused-ring (bicyclic) bond motifs is 1. The van der Waals surface area contributed by atoms with Crippen molar-refractivity contribution in [1.29, 1.82) is 0 Å². The highest BCUT2D eigenvalue weighted by molar-refractivity contribution is 9.10. The minimum Gasteiger partial charge on any atom is -0.454 e. The predicted octanol–water partition coefficient (Wildman–Crippen LogP) is 5.65. The van der Waals surface area contributed by atoms with E-state index < -0.39 is 0 Å². The lowest BCUT2D eigenvalue weighted by molar-refractivity contribution is -0.133. The SMILES string of the molecule is CCOCCCN(CC(=O)N(Cc1ccc2c(c1)OCO2)Cc1sccc1C)C(=O)c1cccc(Br)c1. The fourth-order valence-corrected chi connectivity index (χ4v) is 5.37. The number of benzene rings is 2. The summed E-state index contributed by atoms with van der Waals surface area (Å²) in [6, 6.07) is 15.0. The van der Waals surface area contributed by atoms with E-state index in [-0.39, 0.29) is 25.2 Å². The van der Waals surface area contributed by atoms with Gasteiger partial charge in [0.15, 0.2) is 11.5 Å². The van der Waals surface area contributed by atoms with E-state index in [1.54, 1.807) is 33.3 Å². The van der Waals surface area contributed by atoms with Crippen LogP contribution in [0.4, 0.5) is 0 Å². The zero-order chi connectivity index (χ0) is 26.2. The second-order valence-electron chi connectivity index (χ2n) is 8.75. The highest BCUT2D eigenvalue weighted by Gasteiger charge is 2.24. The molecule has 0 saturated carbocycles. The van der Waals surface area contributed by atoms with Crippen LogP contribution in [0.2, 0.25) is 0 Å². The summed E-state index contributed by atoms with van der Waals surface area (Å²) in [7, 11) is 0. The van der Waals surface area contributed by atoms with Crippen LogP contribution in [0, 0.1) is 6.92 Å². The minimum absolute atomic E-state index is 0.0214. The molecule has 1 aromatic heterocycles. The summed E-state index contributed by atoms with van der Waals surface area (Å²) in [5.74, 6) is 1.09. The van der Waals surface area contributed by atoms with Crippen molar-refractivity contribution in [3.05, 3.63) is 80.0 Å². The predicted molar refractivity (Wildman–Crippen MR) is 147 cm³/mol. The van der Waals surface area contributed by atoms with Gasteiger partial charge in [0.05, 0.1) is 6.54 Å². The number of ether oxygens (including phenoxy) is 3. The third-order valence-electron chi connectivity index (χ3n) is 6.07. The molecule has 0 N–H and O–H groups in total. The fourth-order valence-electron chi connectivity index (χ4n) is 4.05. The first-order chi connectivity index (χ1) is 17.9. The number of nitrogens with zero attached hydrogens (tertiary/aromatic N) is 2. The van der Waals surface area contributed by atoms with Gasteiger partial charge in [0, 0.05) is 41.2 Å². The van der Waals surface area contributed by atoms with Gasteiger partial charge in [0.25, 0.3) is 5.91 Å². The summed E-state index contributed by atoms with van der Waals surface area (Å²) in [6.45, 7) is 6.59. The number of halogens is 1. The largest absolute Gasteiger partial charge is 0.454 e. The Balaban J connectivity index is 1.55. The molecule has 4 rings (SSSR count). The molecule has 1 aliphatic heterocycles. The molecule has 0 bridgehead atoms. The molecule has 2 heterocycles. The lowest BCUT2D eigenvalue weighted by Gasteiger charge is -2.28. The molecule has 0 aliphatic carbocycles. The van der Waals surface area contributed by atoms with Crippen LogP contribution in [0.1, 0.15) is 39.7 Å². The van der Waals surface area contributed by atoms with E-state index in [4.69, 9.17) is 14.2 Å². The van der Waals surface area contributed by atoms with E-state index >= 15 is 0 Å². The average Bonchev–Trinajstić information content (AvgIpc) is 3.53. The van der Waals surface area contributed by atoms with Gasteiger partial charge >= 0.3 is 0 Å². The molecule has 0 atom stereocenters. The van der Waals surface area contributed by atoms with Gasteiger partial charge in [0.2, 0.25) is 12.7 Å². The summed E-state index contributed by atoms with van der Waals surface area (Å²) in [5.41, 5.74) is 2.62. The fraction of sp³-hybridized carbons (Fsp3) is 0.357. The molecule has 3 aromatic rings. The number of carbonyl (C=O) groups excluding carboxylic acids is 2. The summed E-state index contributed by atoms with van der Waals surface area (Å²) >= 11 is 5.07. The van der Waals surface area contributed by atoms with Crippen molar-refractivity contribution in [2.24, 2.45) is 0 Å². The normalized spacial score (nSPS) is 12.0. The van der Waals surface area contributed by atoms with Crippen LogP contribution in [0.25, 0.3) is 0 Å². The topological polar surface area (TPSA) is 68.3 Å². The lowest BCUT2D eigenvalue weighted by atomic mass is 10.1. The molecule has 2 amide bonds. The van der Waals surface area contributed by atoms with Crippen molar-refractivity contribution in [3.8, 4) is 11.5 Å². The maximum Gasteiger partial charge on any atom is 0.254 e. The van der Waals surface area contributed by atoms with Crippen molar-refractivity contribution >= 4 is 39.1 Å². The number of carbonyl (C=O) groups is 2. The van der Waals surface area contributed by atoms with Crippen LogP contribution in [0.5, 0.6) is 11.5 Å². The summed E-state index contributed by atoms with van der Waals surface area (Å²) < 4.78 is 17.3. The van der Waals surface area contributed by atoms with Crippen molar-refractivity contribution in [2.45, 2.75) is 33.4 Å². The number of rotatable bonds is 12. The van der Waals surface area contributed by atoms with Gasteiger partial charge < -0.3 is 24.0 Å². The average molecular weight is 588 g/mol. The highest BCUT2D eigenvalue weighted by atomic mass is 79.9. The van der Waals surface area contributed by atoms with Crippen LogP contribution in [-0.2, 0) is 22.6 Å². The smallest absolute Gasteiger partial charge is 0.254 e. The van der Waals surface area contributed by atoms with Crippen LogP contribution in [0.3, 0.4) is 0 Å². The van der Waals surface area contributed by atoms with Crippen molar-refractivity contribution in [1.82, 2.24) is 9.80 Å². The molecule has 0 spiro atoms. The Morgan fingerprint density at radius 1 is 1.05 bits per heavy atom. The molecule has 0 radical (unpaired) electrons. The molecule has 1 aliphatic rings. The third-order valence-corrected chi connectivity index (χ3v) is 7.57. The van der Waals surface area contributed by atoms with E-state index in [2.05, 4.69) is 22.0 Å². The van der Waals surface area contributed by atoms with Crippen molar-refractivity contribution < 1.29 is 23.8 Å². The number of hydrogen-bond acceptors (Lipinski definition) is 6. The summed E-state index contributed by atoms with van der Waals surface area (Å²) in [5, 5.41) is 2.03. The molecule has 0 fully saturated rings. The minimum atomic E-state index is -0.179. The number of thiophene rings is 1. The van der Waals surface area contributed by atoms with E-state index in [1.165, 1.54) is 0 Å². The van der Waals surface area contributed by atoms with Crippen molar-refractivity contribution in [2.75, 3.05) is 33.1 Å². The Labute approximate surface area is 230 Å². The molecule has 37 heavy (non-hydrogen) atoms. The van der Waals surface area contributed by atoms with Crippen LogP contribution in [0.15, 0.2) is 58.4 Å². The van der Waals surface area contributed by atoms with Crippen LogP contribution >= 0.6 is 27.3 Å². The maximum atomic E-state index is 13.8. The molecule has 7 nitrogen and oxygen atoms in total. The van der Waals surface area contributed by atoms with E-state index in [0.29, 0.717) is 56.3 Å². The quantitative estimate of drug-likeness (QED) is 0.257. The summed E-state index contributed by atoms with van der Waals surface area (Å²) in [6.07, 6.45) is 0.646. The Morgan fingerprint density at radius 3 is 2.65 bits per heavy atom. The first-order valence-electron chi connectivity index (χ1n) is 12.3. The molecule has 0 saturated heterocycles. The number of amides is 2. The van der Waals surface area contributed by atoms with Crippen molar-refractivity contribution in [3.63, 3.8) is 0 Å². The Hall–Kier alpha value is -2.88. The second kappa shape index (κ2) is 13.1. The van der Waals surface area contributed by atoms with Gasteiger partial charge in [-0.05, 0) is 73.2 Å². The highest BCUT2D eigenvalue weighted by Crippen LogP contribution is 2.33. The first kappa shape index (κ1) is 27.2. The van der Waals surface area contributed by atoms with Gasteiger partial charge in [-0.25, -0.2) is 0 Å². The standard InChI is InChI=1S/C28H31BrN2O5S/c1-3-34-12-5-11-30(28(33)22-6-4-7-23(29)15-22)18-27(32)31(17-26-20(2)10-13-37-26)16-21-8-9-24-25(14-21)36-19-35-24/h4,6-10,13-15H,3,5,11-12,16-19H2,1-2H3. The number of hydrogen-bond donors (Lipinski definition) is 0. The van der Waals surface area contributed by atoms with Gasteiger partial charge in [-0.15, -0.1) is 11.3 Å². The van der Waals surface area contributed by atoms with E-state index in [1.807, 2.05) is 49.6 Å². The van der Waals surface area contributed by atoms with Gasteiger partial charge in [-0.1, -0.05) is 28.1 Å². The molecular formula is C28H31BrN2O5S. The number of aryl methyl sites for hydroxylation is 1. The van der Waals surface area contributed by atoms with Crippen LogP contribution in [-0.4, -0.2) is 54.7 Å². The first-order valence-corrected chi connectivity index (χ1v) is 13.9. The Kier molecular flexibility index (Phi) is 9.60. The van der Waals surface area contributed by atoms with Gasteiger partial charge in [0.1, 0.15) is 6.54 Å². The third kappa shape index (κ3) is 7.34. The lowest BCUT2D eigenvalue weighted by Crippen LogP contribution is -2.43. The zero-order valence-electron chi connectivity index (χ0n) is 21.1. The maximum absolute atomic E-state index is 13.8. The van der Waals surface area contributed by atoms with Gasteiger partial charge in [-0.2, -0.15) is 0 Å². The molecule has 0 unspecified atom stereocenters. The zero-order valence-corrected chi connectivity index (χ0v) is 23.5. The van der Waals surface area contributed by atoms with Gasteiger partial charge in [-0.3, -0.25) is 9.59 Å². The molecular weight excluding hydrogens is 556 g/mol. The molecule has 2 aromatic carbocycles. The van der Waals surface area contributed by atoms with Crippen LogP contribution < -0.4 is 9.47 Å². The Bertz CT molecular complexity index is 1230. The molecule has 9 heteroatoms. The van der Waals surface area contributed by atoms with E-state index in [9.17, 15) is 9.59 Å². The summed E-state index contributed by atoms with van der Waals surface area (Å²) in [4.78, 5) is 31.8. The monoisotopic (exact) mass is 586 g/mol. The Morgan fingerprint density at radius 2 is 1.89 bits per heavy atom. The van der Waals surface area contributed by atoms with E-state index in [0.717, 1.165) is 20.5 Å². The second-order valence-corrected chi connectivity index (χ2v) is 10.7. The molecule has 196 valence electrons.